The molecular formula is C27H21N5. The summed E-state index contributed by atoms with van der Waals surface area (Å²) in [6.07, 6.45) is 1.76. The number of hydrogen-bond acceptors (Lipinski definition) is 3. The Morgan fingerprint density at radius 2 is 1.34 bits per heavy atom. The standard InChI is InChI=1S/C27H21N5/c1-18-13-15-21(16-14-18)25-29-27-23-22(19-9-5-3-6-10-19)24(20-11-7-4-8-12-20)31(2)26(23)28-17-32(27)30-25/h3-17H,1-2H3. The van der Waals surface area contributed by atoms with Gasteiger partial charge in [-0.1, -0.05) is 90.5 Å². The summed E-state index contributed by atoms with van der Waals surface area (Å²) in [5, 5.41) is 5.75. The molecule has 32 heavy (non-hydrogen) atoms. The van der Waals surface area contributed by atoms with E-state index in [1.165, 1.54) is 5.56 Å². The first-order valence-corrected chi connectivity index (χ1v) is 10.6. The molecule has 0 spiro atoms. The number of benzene rings is 3. The molecule has 0 amide bonds. The Bertz CT molecular complexity index is 1560. The fourth-order valence-corrected chi connectivity index (χ4v) is 4.36. The van der Waals surface area contributed by atoms with Crippen molar-refractivity contribution in [3.05, 3.63) is 96.8 Å². The molecule has 0 saturated carbocycles. The minimum Gasteiger partial charge on any atom is -0.328 e. The normalized spacial score (nSPS) is 11.4. The first-order chi connectivity index (χ1) is 15.7. The summed E-state index contributed by atoms with van der Waals surface area (Å²) in [7, 11) is 2.07. The zero-order valence-electron chi connectivity index (χ0n) is 17.9. The summed E-state index contributed by atoms with van der Waals surface area (Å²) < 4.78 is 3.95. The largest absolute Gasteiger partial charge is 0.328 e. The zero-order valence-corrected chi connectivity index (χ0v) is 17.9. The Balaban J connectivity index is 1.72. The third-order valence-corrected chi connectivity index (χ3v) is 5.93. The smallest absolute Gasteiger partial charge is 0.182 e. The fourth-order valence-electron chi connectivity index (χ4n) is 4.36. The number of nitrogens with zero attached hydrogens (tertiary/aromatic N) is 5. The molecule has 6 rings (SSSR count). The highest BCUT2D eigenvalue weighted by atomic mass is 15.3. The van der Waals surface area contributed by atoms with E-state index in [0.29, 0.717) is 5.82 Å². The molecule has 0 bridgehead atoms. The molecule has 5 heteroatoms. The number of aryl methyl sites for hydroxylation is 2. The van der Waals surface area contributed by atoms with E-state index in [4.69, 9.17) is 15.1 Å². The monoisotopic (exact) mass is 415 g/mol. The van der Waals surface area contributed by atoms with Crippen LogP contribution < -0.4 is 0 Å². The van der Waals surface area contributed by atoms with E-state index in [2.05, 4.69) is 91.3 Å². The van der Waals surface area contributed by atoms with E-state index in [1.54, 1.807) is 10.8 Å². The number of fused-ring (bicyclic) bond motifs is 3. The van der Waals surface area contributed by atoms with Gasteiger partial charge in [0.05, 0.1) is 11.1 Å². The topological polar surface area (TPSA) is 48.0 Å². The van der Waals surface area contributed by atoms with E-state index in [-0.39, 0.29) is 0 Å². The Hall–Kier alpha value is -4.25. The summed E-state index contributed by atoms with van der Waals surface area (Å²) in [4.78, 5) is 9.76. The van der Waals surface area contributed by atoms with Gasteiger partial charge in [0.2, 0.25) is 0 Å². The van der Waals surface area contributed by atoms with Gasteiger partial charge in [-0.2, -0.15) is 0 Å². The van der Waals surface area contributed by atoms with Gasteiger partial charge in [-0.25, -0.2) is 14.5 Å². The van der Waals surface area contributed by atoms with Crippen molar-refractivity contribution in [1.82, 2.24) is 24.1 Å². The van der Waals surface area contributed by atoms with Gasteiger partial charge in [0.25, 0.3) is 0 Å². The highest BCUT2D eigenvalue weighted by Gasteiger charge is 2.23. The molecule has 3 aromatic carbocycles. The molecule has 0 unspecified atom stereocenters. The SMILES string of the molecule is Cc1ccc(-c2nc3c4c(-c5ccccc5)c(-c5ccccc5)n(C)c4ncn3n2)cc1. The number of rotatable bonds is 3. The van der Waals surface area contributed by atoms with Gasteiger partial charge in [-0.05, 0) is 18.1 Å². The molecular weight excluding hydrogens is 394 g/mol. The van der Waals surface area contributed by atoms with Crippen LogP contribution in [0.2, 0.25) is 0 Å². The molecule has 5 nitrogen and oxygen atoms in total. The Labute approximate surface area is 185 Å². The first kappa shape index (κ1) is 18.5. The van der Waals surface area contributed by atoms with Crippen LogP contribution in [0.4, 0.5) is 0 Å². The van der Waals surface area contributed by atoms with Crippen molar-refractivity contribution in [2.45, 2.75) is 6.92 Å². The van der Waals surface area contributed by atoms with Crippen LogP contribution in [0, 0.1) is 6.92 Å². The molecule has 0 atom stereocenters. The van der Waals surface area contributed by atoms with Crippen LogP contribution in [0.3, 0.4) is 0 Å². The van der Waals surface area contributed by atoms with Crippen LogP contribution in [0.15, 0.2) is 91.3 Å². The second-order valence-corrected chi connectivity index (χ2v) is 8.03. The Morgan fingerprint density at radius 3 is 2.03 bits per heavy atom. The van der Waals surface area contributed by atoms with Crippen molar-refractivity contribution in [3.8, 4) is 33.8 Å². The van der Waals surface area contributed by atoms with E-state index in [0.717, 1.165) is 44.6 Å². The van der Waals surface area contributed by atoms with Crippen molar-refractivity contribution in [3.63, 3.8) is 0 Å². The van der Waals surface area contributed by atoms with Crippen LogP contribution in [-0.4, -0.2) is 24.1 Å². The number of hydrogen-bond donors (Lipinski definition) is 0. The number of aromatic nitrogens is 5. The Morgan fingerprint density at radius 1 is 0.688 bits per heavy atom. The van der Waals surface area contributed by atoms with Gasteiger partial charge in [0, 0.05) is 18.2 Å². The quantitative estimate of drug-likeness (QED) is 0.360. The highest BCUT2D eigenvalue weighted by Crippen LogP contribution is 2.41. The molecule has 0 radical (unpaired) electrons. The van der Waals surface area contributed by atoms with Gasteiger partial charge in [-0.15, -0.1) is 5.10 Å². The molecule has 0 aliphatic carbocycles. The lowest BCUT2D eigenvalue weighted by Gasteiger charge is -2.08. The maximum Gasteiger partial charge on any atom is 0.182 e. The molecule has 0 aliphatic heterocycles. The fraction of sp³-hybridized carbons (Fsp3) is 0.0741. The lowest BCUT2D eigenvalue weighted by atomic mass is 9.99. The van der Waals surface area contributed by atoms with Crippen LogP contribution in [-0.2, 0) is 7.05 Å². The molecule has 3 aromatic heterocycles. The second kappa shape index (κ2) is 7.17. The maximum absolute atomic E-state index is 4.97. The van der Waals surface area contributed by atoms with Gasteiger partial charge in [0.1, 0.15) is 12.0 Å². The lowest BCUT2D eigenvalue weighted by Crippen LogP contribution is -1.95. The van der Waals surface area contributed by atoms with E-state index >= 15 is 0 Å². The molecule has 0 saturated heterocycles. The predicted molar refractivity (Wildman–Crippen MR) is 128 cm³/mol. The summed E-state index contributed by atoms with van der Waals surface area (Å²) in [5.74, 6) is 0.698. The van der Waals surface area contributed by atoms with Crippen molar-refractivity contribution >= 4 is 16.7 Å². The van der Waals surface area contributed by atoms with E-state index in [9.17, 15) is 0 Å². The third-order valence-electron chi connectivity index (χ3n) is 5.93. The highest BCUT2D eigenvalue weighted by molar-refractivity contribution is 6.09. The molecule has 0 aliphatic rings. The van der Waals surface area contributed by atoms with Crippen molar-refractivity contribution in [2.75, 3.05) is 0 Å². The van der Waals surface area contributed by atoms with Crippen LogP contribution in [0.5, 0.6) is 0 Å². The van der Waals surface area contributed by atoms with Crippen LogP contribution in [0.1, 0.15) is 5.56 Å². The van der Waals surface area contributed by atoms with Crippen LogP contribution in [0.25, 0.3) is 50.5 Å². The summed E-state index contributed by atoms with van der Waals surface area (Å²) >= 11 is 0. The van der Waals surface area contributed by atoms with E-state index < -0.39 is 0 Å². The molecule has 6 aromatic rings. The van der Waals surface area contributed by atoms with E-state index in [1.807, 2.05) is 12.1 Å². The van der Waals surface area contributed by atoms with Gasteiger partial charge >= 0.3 is 0 Å². The molecule has 0 N–H and O–H groups in total. The molecule has 3 heterocycles. The minimum absolute atomic E-state index is 0.698. The lowest BCUT2D eigenvalue weighted by molar-refractivity contribution is 0.910. The van der Waals surface area contributed by atoms with Crippen molar-refractivity contribution in [1.29, 1.82) is 0 Å². The third kappa shape index (κ3) is 2.82. The van der Waals surface area contributed by atoms with Crippen molar-refractivity contribution in [2.24, 2.45) is 7.05 Å². The average Bonchev–Trinajstić information content (AvgIpc) is 3.40. The zero-order chi connectivity index (χ0) is 21.7. The molecule has 0 fully saturated rings. The first-order valence-electron chi connectivity index (χ1n) is 10.6. The Kier molecular flexibility index (Phi) is 4.15. The van der Waals surface area contributed by atoms with Gasteiger partial charge in [0.15, 0.2) is 11.5 Å². The second-order valence-electron chi connectivity index (χ2n) is 8.03. The van der Waals surface area contributed by atoms with Crippen molar-refractivity contribution < 1.29 is 0 Å². The van der Waals surface area contributed by atoms with Gasteiger partial charge < -0.3 is 4.57 Å². The summed E-state index contributed by atoms with van der Waals surface area (Å²) in [5.41, 5.74) is 8.41. The molecule has 154 valence electrons. The predicted octanol–water partition coefficient (Wildman–Crippen LogP) is 5.93. The minimum atomic E-state index is 0.698. The summed E-state index contributed by atoms with van der Waals surface area (Å²) in [6, 6.07) is 29.2. The van der Waals surface area contributed by atoms with Crippen LogP contribution >= 0.6 is 0 Å². The summed E-state index contributed by atoms with van der Waals surface area (Å²) in [6.45, 7) is 2.08. The van der Waals surface area contributed by atoms with Gasteiger partial charge in [-0.3, -0.25) is 0 Å². The maximum atomic E-state index is 4.97. The average molecular weight is 416 g/mol.